The van der Waals surface area contributed by atoms with Crippen molar-refractivity contribution >= 4 is 29.1 Å². The van der Waals surface area contributed by atoms with Crippen LogP contribution in [0, 0.1) is 11.8 Å². The van der Waals surface area contributed by atoms with E-state index < -0.39 is 23.5 Å². The molecule has 3 amide bonds. The molecule has 0 aliphatic carbocycles. The van der Waals surface area contributed by atoms with E-state index in [4.69, 9.17) is 4.74 Å². The predicted octanol–water partition coefficient (Wildman–Crippen LogP) is 4.40. The number of carbonyl (C=O) groups is 3. The third-order valence-corrected chi connectivity index (χ3v) is 9.65. The molecule has 2 bridgehead atoms. The van der Waals surface area contributed by atoms with Crippen LogP contribution in [0.1, 0.15) is 65.7 Å². The number of fused-ring (bicyclic) bond motifs is 1. The zero-order valence-corrected chi connectivity index (χ0v) is 27.0. The number of rotatable bonds is 18. The van der Waals surface area contributed by atoms with Gasteiger partial charge in [0.1, 0.15) is 11.6 Å². The minimum atomic E-state index is -1.04. The van der Waals surface area contributed by atoms with Crippen molar-refractivity contribution in [2.24, 2.45) is 11.8 Å². The minimum Gasteiger partial charge on any atom is -0.396 e. The molecule has 0 aromatic heterocycles. The Morgan fingerprint density at radius 3 is 2.27 bits per heavy atom. The molecule has 44 heavy (non-hydrogen) atoms. The van der Waals surface area contributed by atoms with Crippen molar-refractivity contribution in [2.75, 3.05) is 55.7 Å². The van der Waals surface area contributed by atoms with Gasteiger partial charge in [0.25, 0.3) is 5.91 Å². The summed E-state index contributed by atoms with van der Waals surface area (Å²) in [6.45, 7) is 17.6. The lowest BCUT2D eigenvalue weighted by Crippen LogP contribution is -2.56. The molecule has 3 saturated heterocycles. The summed E-state index contributed by atoms with van der Waals surface area (Å²) in [6, 6.07) is 7.14. The third-order valence-electron chi connectivity index (χ3n) is 9.65. The highest BCUT2D eigenvalue weighted by Gasteiger charge is 2.74. The molecule has 3 fully saturated rings. The molecule has 0 radical (unpaired) electrons. The molecule has 2 unspecified atom stereocenters. The fourth-order valence-electron chi connectivity index (χ4n) is 7.66. The number of aliphatic hydroxyl groups is 1. The van der Waals surface area contributed by atoms with Crippen LogP contribution in [0.2, 0.25) is 0 Å². The highest BCUT2D eigenvalue weighted by molar-refractivity contribution is 6.05. The molecule has 3 heterocycles. The molecule has 1 spiro atoms. The van der Waals surface area contributed by atoms with Gasteiger partial charge in [0.2, 0.25) is 11.8 Å². The summed E-state index contributed by atoms with van der Waals surface area (Å²) in [4.78, 5) is 50.6. The first-order valence-corrected chi connectivity index (χ1v) is 16.6. The Morgan fingerprint density at radius 1 is 1.00 bits per heavy atom. The Morgan fingerprint density at radius 2 is 1.66 bits per heavy atom. The van der Waals surface area contributed by atoms with Gasteiger partial charge in [0.05, 0.1) is 17.9 Å². The first kappa shape index (κ1) is 33.7. The van der Waals surface area contributed by atoms with Crippen LogP contribution < -0.4 is 9.80 Å². The number of unbranched alkanes of at least 4 members (excludes halogenated alkanes) is 3. The van der Waals surface area contributed by atoms with Gasteiger partial charge in [-0.25, -0.2) is 0 Å². The minimum absolute atomic E-state index is 0.0809. The Balaban J connectivity index is 1.70. The lowest BCUT2D eigenvalue weighted by atomic mass is 9.70. The quantitative estimate of drug-likeness (QED) is 0.196. The smallest absolute Gasteiger partial charge is 0.253 e. The topological polar surface area (TPSA) is 93.6 Å². The molecule has 242 valence electrons. The molecule has 9 heteroatoms. The van der Waals surface area contributed by atoms with E-state index in [1.807, 2.05) is 31.2 Å². The van der Waals surface area contributed by atoms with Crippen LogP contribution in [0.5, 0.6) is 0 Å². The number of carbonyl (C=O) groups excluding carboxylic acids is 3. The first-order chi connectivity index (χ1) is 21.3. The summed E-state index contributed by atoms with van der Waals surface area (Å²) < 4.78 is 6.70. The average molecular weight is 609 g/mol. The van der Waals surface area contributed by atoms with Crippen LogP contribution >= 0.6 is 0 Å². The molecule has 1 N–H and O–H groups in total. The summed E-state index contributed by atoms with van der Waals surface area (Å²) in [7, 11) is 0. The fourth-order valence-corrected chi connectivity index (χ4v) is 7.66. The van der Waals surface area contributed by atoms with Crippen molar-refractivity contribution in [1.29, 1.82) is 0 Å². The molecule has 4 rings (SSSR count). The summed E-state index contributed by atoms with van der Waals surface area (Å²) in [5, 5.41) is 9.23. The number of benzene rings is 1. The summed E-state index contributed by atoms with van der Waals surface area (Å²) >= 11 is 0. The largest absolute Gasteiger partial charge is 0.396 e. The van der Waals surface area contributed by atoms with Crippen LogP contribution in [-0.4, -0.2) is 96.3 Å². The second kappa shape index (κ2) is 15.2. The average Bonchev–Trinajstić information content (AvgIpc) is 3.67. The molecule has 0 saturated carbocycles. The Labute approximate surface area is 263 Å². The second-order valence-electron chi connectivity index (χ2n) is 12.2. The normalized spacial score (nSPS) is 25.2. The number of anilines is 2. The lowest BCUT2D eigenvalue weighted by Gasteiger charge is -2.37. The maximum Gasteiger partial charge on any atom is 0.253 e. The molecule has 3 aliphatic rings. The van der Waals surface area contributed by atoms with Crippen molar-refractivity contribution in [3.63, 3.8) is 0 Å². The molecular weight excluding hydrogens is 556 g/mol. The van der Waals surface area contributed by atoms with Gasteiger partial charge in [-0.15, -0.1) is 13.2 Å². The van der Waals surface area contributed by atoms with E-state index in [9.17, 15) is 19.5 Å². The van der Waals surface area contributed by atoms with E-state index in [-0.39, 0.29) is 37.0 Å². The maximum atomic E-state index is 14.8. The van der Waals surface area contributed by atoms with Gasteiger partial charge >= 0.3 is 0 Å². The van der Waals surface area contributed by atoms with E-state index in [1.165, 1.54) is 0 Å². The highest BCUT2D eigenvalue weighted by Crippen LogP contribution is 2.59. The van der Waals surface area contributed by atoms with Gasteiger partial charge in [-0.1, -0.05) is 31.9 Å². The number of amides is 3. The highest BCUT2D eigenvalue weighted by atomic mass is 16.5. The van der Waals surface area contributed by atoms with E-state index in [2.05, 4.69) is 31.9 Å². The van der Waals surface area contributed by atoms with Gasteiger partial charge in [-0.3, -0.25) is 14.4 Å². The standard InChI is InChI=1S/C35H52N4O5/c1-6-21-37(22-7-2)32(41)29-28-19-20-35(44-28)30(29)33(42)39(24-13-11-12-14-25-40)31(35)34(43)38(23-8-3)27-17-15-26(16-18-27)36(9-4)10-5/h6,8,15-18,28-31,40H,1,3,7,9-14,19-25H2,2,4-5H3/t28-,29+,30-,31?,35?/m0/s1. The van der Waals surface area contributed by atoms with E-state index in [0.717, 1.165) is 43.7 Å². The summed E-state index contributed by atoms with van der Waals surface area (Å²) in [5.41, 5.74) is 0.775. The van der Waals surface area contributed by atoms with Crippen molar-refractivity contribution in [2.45, 2.75) is 83.5 Å². The second-order valence-corrected chi connectivity index (χ2v) is 12.2. The summed E-state index contributed by atoms with van der Waals surface area (Å²) in [5.74, 6) is -1.74. The number of likely N-dealkylation sites (tertiary alicyclic amines) is 1. The zero-order chi connectivity index (χ0) is 31.9. The first-order valence-electron chi connectivity index (χ1n) is 16.6. The molecule has 1 aromatic carbocycles. The van der Waals surface area contributed by atoms with Gasteiger partial charge < -0.3 is 29.4 Å². The Kier molecular flexibility index (Phi) is 11.7. The number of hydrogen-bond donors (Lipinski definition) is 1. The molecule has 1 aromatic rings. The molecular formula is C35H52N4O5. The monoisotopic (exact) mass is 608 g/mol. The molecule has 9 nitrogen and oxygen atoms in total. The molecule has 3 aliphatic heterocycles. The van der Waals surface area contributed by atoms with E-state index >= 15 is 0 Å². The van der Waals surface area contributed by atoms with Gasteiger partial charge in [0.15, 0.2) is 0 Å². The number of aliphatic hydroxyl groups excluding tert-OH is 1. The number of nitrogens with zero attached hydrogens (tertiary/aromatic N) is 4. The lowest BCUT2D eigenvalue weighted by molar-refractivity contribution is -0.145. The van der Waals surface area contributed by atoms with Crippen LogP contribution in [0.15, 0.2) is 49.6 Å². The molecule has 5 atom stereocenters. The Bertz CT molecular complexity index is 1170. The van der Waals surface area contributed by atoms with Crippen molar-refractivity contribution < 1.29 is 24.2 Å². The number of ether oxygens (including phenoxy) is 1. The van der Waals surface area contributed by atoms with Gasteiger partial charge in [-0.2, -0.15) is 0 Å². The zero-order valence-electron chi connectivity index (χ0n) is 27.0. The number of hydrogen-bond acceptors (Lipinski definition) is 6. The van der Waals surface area contributed by atoms with Crippen molar-refractivity contribution in [3.05, 3.63) is 49.6 Å². The van der Waals surface area contributed by atoms with E-state index in [1.54, 1.807) is 26.9 Å². The third kappa shape index (κ3) is 6.31. The fraction of sp³-hybridized carbons (Fsp3) is 0.629. The van der Waals surface area contributed by atoms with Crippen LogP contribution in [0.4, 0.5) is 11.4 Å². The van der Waals surface area contributed by atoms with Gasteiger partial charge in [0, 0.05) is 57.3 Å². The SMILES string of the molecule is C=CCN(CCC)C(=O)[C@@H]1[C@@H]2CCC3(O2)C(C(=O)N(CC=C)c2ccc(N(CC)CC)cc2)N(CCCCCCO)C(=O)[C@H]13. The maximum absolute atomic E-state index is 14.8. The Hall–Kier alpha value is -3.17. The summed E-state index contributed by atoms with van der Waals surface area (Å²) in [6.07, 6.45) is 8.14. The van der Waals surface area contributed by atoms with Crippen LogP contribution in [0.25, 0.3) is 0 Å². The van der Waals surface area contributed by atoms with Gasteiger partial charge in [-0.05, 0) is 70.2 Å². The van der Waals surface area contributed by atoms with Crippen LogP contribution in [0.3, 0.4) is 0 Å². The van der Waals surface area contributed by atoms with Crippen LogP contribution in [-0.2, 0) is 19.1 Å². The van der Waals surface area contributed by atoms with E-state index in [0.29, 0.717) is 45.3 Å². The predicted molar refractivity (Wildman–Crippen MR) is 174 cm³/mol. The van der Waals surface area contributed by atoms with Crippen molar-refractivity contribution in [1.82, 2.24) is 9.80 Å². The van der Waals surface area contributed by atoms with Crippen molar-refractivity contribution in [3.8, 4) is 0 Å².